The van der Waals surface area contributed by atoms with E-state index in [0.29, 0.717) is 0 Å². The van der Waals surface area contributed by atoms with Crippen LogP contribution in [-0.2, 0) is 14.6 Å². The molecule has 0 aromatic rings. The fraction of sp³-hybridized carbons (Fsp3) is 0.571. The molecule has 0 aliphatic carbocycles. The van der Waals surface area contributed by atoms with Gasteiger partial charge in [0.05, 0.1) is 5.75 Å². The van der Waals surface area contributed by atoms with Crippen LogP contribution in [0.4, 0.5) is 13.2 Å². The van der Waals surface area contributed by atoms with Crippen molar-refractivity contribution in [3.63, 3.8) is 0 Å². The first kappa shape index (κ1) is 13.9. The van der Waals surface area contributed by atoms with Gasteiger partial charge >= 0.3 is 5.51 Å². The molecule has 0 rings (SSSR count). The van der Waals surface area contributed by atoms with Gasteiger partial charge in [0.1, 0.15) is 0 Å². The average Bonchev–Trinajstić information content (AvgIpc) is 2.10. The Hall–Kier alpha value is -1.05. The number of halogens is 3. The lowest BCUT2D eigenvalue weighted by molar-refractivity contribution is -0.116. The Morgan fingerprint density at radius 2 is 1.93 bits per heavy atom. The van der Waals surface area contributed by atoms with E-state index in [-0.39, 0.29) is 13.0 Å². The standard InChI is InChI=1S/C7H10F3NO3S/c1-2-6(12)11-4-3-5-15(13,14)7(8,9)10/h2H,1,3-5H2,(H,11,12). The third-order valence-electron chi connectivity index (χ3n) is 1.43. The summed E-state index contributed by atoms with van der Waals surface area (Å²) in [4.78, 5) is 10.5. The number of hydrogen-bond acceptors (Lipinski definition) is 3. The van der Waals surface area contributed by atoms with Crippen LogP contribution in [0.25, 0.3) is 0 Å². The molecule has 88 valence electrons. The van der Waals surface area contributed by atoms with Crippen molar-refractivity contribution >= 4 is 15.7 Å². The van der Waals surface area contributed by atoms with Crippen LogP contribution in [0, 0.1) is 0 Å². The molecule has 0 bridgehead atoms. The highest BCUT2D eigenvalue weighted by Crippen LogP contribution is 2.23. The van der Waals surface area contributed by atoms with Crippen molar-refractivity contribution < 1.29 is 26.4 Å². The highest BCUT2D eigenvalue weighted by atomic mass is 32.2. The molecule has 0 spiro atoms. The maximum Gasteiger partial charge on any atom is 0.497 e. The summed E-state index contributed by atoms with van der Waals surface area (Å²) in [5.41, 5.74) is -5.23. The molecule has 0 aliphatic heterocycles. The minimum atomic E-state index is -5.23. The number of amides is 1. The second kappa shape index (κ2) is 5.15. The molecule has 1 N–H and O–H groups in total. The van der Waals surface area contributed by atoms with E-state index in [1.165, 1.54) is 0 Å². The molecule has 8 heteroatoms. The zero-order valence-corrected chi connectivity index (χ0v) is 8.49. The van der Waals surface area contributed by atoms with Gasteiger partial charge in [-0.2, -0.15) is 13.2 Å². The number of carbonyl (C=O) groups excluding carboxylic acids is 1. The van der Waals surface area contributed by atoms with Gasteiger partial charge in [0.25, 0.3) is 0 Å². The summed E-state index contributed by atoms with van der Waals surface area (Å²) >= 11 is 0. The van der Waals surface area contributed by atoms with Crippen LogP contribution in [-0.4, -0.2) is 32.1 Å². The zero-order chi connectivity index (χ0) is 12.1. The van der Waals surface area contributed by atoms with Gasteiger partial charge < -0.3 is 5.32 Å². The van der Waals surface area contributed by atoms with Crippen LogP contribution >= 0.6 is 0 Å². The van der Waals surface area contributed by atoms with E-state index in [0.717, 1.165) is 6.08 Å². The molecular formula is C7H10F3NO3S. The minimum absolute atomic E-state index is 0.139. The van der Waals surface area contributed by atoms with Crippen molar-refractivity contribution in [1.29, 1.82) is 0 Å². The maximum atomic E-state index is 11.8. The van der Waals surface area contributed by atoms with Gasteiger partial charge in [-0.15, -0.1) is 0 Å². The van der Waals surface area contributed by atoms with E-state index in [1.807, 2.05) is 0 Å². The monoisotopic (exact) mass is 245 g/mol. The third-order valence-corrected chi connectivity index (χ3v) is 2.96. The van der Waals surface area contributed by atoms with Gasteiger partial charge in [0, 0.05) is 6.54 Å². The molecule has 0 fully saturated rings. The molecule has 0 aliphatic rings. The Bertz CT molecular complexity index is 334. The fourth-order valence-corrected chi connectivity index (χ4v) is 1.42. The Morgan fingerprint density at radius 3 is 2.33 bits per heavy atom. The molecule has 0 atom stereocenters. The molecule has 0 saturated heterocycles. The third kappa shape index (κ3) is 4.82. The number of rotatable bonds is 5. The molecule has 0 saturated carbocycles. The summed E-state index contributed by atoms with van der Waals surface area (Å²) in [5.74, 6) is -1.59. The quantitative estimate of drug-likeness (QED) is 0.570. The molecule has 0 aromatic heterocycles. The molecule has 1 amide bonds. The normalized spacial score (nSPS) is 12.2. The van der Waals surface area contributed by atoms with Crippen LogP contribution < -0.4 is 5.32 Å². The smallest absolute Gasteiger partial charge is 0.353 e. The number of sulfone groups is 1. The number of hydrogen-bond donors (Lipinski definition) is 1. The lowest BCUT2D eigenvalue weighted by atomic mass is 10.4. The Morgan fingerprint density at radius 1 is 1.40 bits per heavy atom. The van der Waals surface area contributed by atoms with Gasteiger partial charge in [-0.05, 0) is 12.5 Å². The van der Waals surface area contributed by atoms with Crippen LogP contribution in [0.2, 0.25) is 0 Å². The molecule has 0 unspecified atom stereocenters. The fourth-order valence-electron chi connectivity index (χ4n) is 0.662. The predicted octanol–water partition coefficient (Wildman–Crippen LogP) is 0.613. The van der Waals surface area contributed by atoms with E-state index < -0.39 is 27.0 Å². The van der Waals surface area contributed by atoms with Crippen molar-refractivity contribution in [1.82, 2.24) is 5.32 Å². The van der Waals surface area contributed by atoms with Crippen molar-refractivity contribution in [2.45, 2.75) is 11.9 Å². The van der Waals surface area contributed by atoms with Crippen molar-refractivity contribution in [2.75, 3.05) is 12.3 Å². The average molecular weight is 245 g/mol. The number of carbonyl (C=O) groups is 1. The topological polar surface area (TPSA) is 63.2 Å². The highest BCUT2D eigenvalue weighted by molar-refractivity contribution is 7.92. The summed E-state index contributed by atoms with van der Waals surface area (Å²) in [7, 11) is -5.08. The van der Waals surface area contributed by atoms with Gasteiger partial charge in [-0.3, -0.25) is 4.79 Å². The van der Waals surface area contributed by atoms with Gasteiger partial charge in [0.2, 0.25) is 15.7 Å². The second-order valence-corrected chi connectivity index (χ2v) is 4.71. The minimum Gasteiger partial charge on any atom is -0.353 e. The Kier molecular flexibility index (Phi) is 4.79. The van der Waals surface area contributed by atoms with Gasteiger partial charge in [-0.25, -0.2) is 8.42 Å². The molecule has 4 nitrogen and oxygen atoms in total. The lowest BCUT2D eigenvalue weighted by Crippen LogP contribution is -2.29. The first-order valence-electron chi connectivity index (χ1n) is 3.90. The summed E-state index contributed by atoms with van der Waals surface area (Å²) < 4.78 is 56.4. The number of nitrogens with one attached hydrogen (secondary N) is 1. The molecule has 0 heterocycles. The zero-order valence-electron chi connectivity index (χ0n) is 7.67. The Labute approximate surface area is 85.1 Å². The van der Waals surface area contributed by atoms with Crippen LogP contribution in [0.15, 0.2) is 12.7 Å². The summed E-state index contributed by atoms with van der Waals surface area (Å²) in [6, 6.07) is 0. The second-order valence-electron chi connectivity index (χ2n) is 2.61. The molecular weight excluding hydrogens is 235 g/mol. The molecule has 0 radical (unpaired) electrons. The first-order chi connectivity index (χ1) is 6.70. The SMILES string of the molecule is C=CC(=O)NCCCS(=O)(=O)C(F)(F)F. The summed E-state index contributed by atoms with van der Waals surface area (Å²) in [5, 5.41) is 2.17. The summed E-state index contributed by atoms with van der Waals surface area (Å²) in [6.07, 6.45) is 0.652. The lowest BCUT2D eigenvalue weighted by Gasteiger charge is -2.07. The van der Waals surface area contributed by atoms with E-state index in [1.54, 1.807) is 0 Å². The predicted molar refractivity (Wildman–Crippen MR) is 47.7 cm³/mol. The van der Waals surface area contributed by atoms with Crippen LogP contribution in [0.5, 0.6) is 0 Å². The van der Waals surface area contributed by atoms with E-state index in [2.05, 4.69) is 11.9 Å². The van der Waals surface area contributed by atoms with E-state index in [4.69, 9.17) is 0 Å². The molecule has 0 aromatic carbocycles. The summed E-state index contributed by atoms with van der Waals surface area (Å²) in [6.45, 7) is 2.98. The largest absolute Gasteiger partial charge is 0.497 e. The number of alkyl halides is 3. The van der Waals surface area contributed by atoms with Crippen molar-refractivity contribution in [3.05, 3.63) is 12.7 Å². The molecule has 15 heavy (non-hydrogen) atoms. The first-order valence-corrected chi connectivity index (χ1v) is 5.55. The van der Waals surface area contributed by atoms with Crippen LogP contribution in [0.1, 0.15) is 6.42 Å². The van der Waals surface area contributed by atoms with Crippen molar-refractivity contribution in [2.24, 2.45) is 0 Å². The van der Waals surface area contributed by atoms with E-state index in [9.17, 15) is 26.4 Å². The highest BCUT2D eigenvalue weighted by Gasteiger charge is 2.44. The van der Waals surface area contributed by atoms with E-state index >= 15 is 0 Å². The maximum absolute atomic E-state index is 11.8. The van der Waals surface area contributed by atoms with Gasteiger partial charge in [0.15, 0.2) is 0 Å². The Balaban J connectivity index is 3.98. The van der Waals surface area contributed by atoms with Crippen LogP contribution in [0.3, 0.4) is 0 Å². The van der Waals surface area contributed by atoms with Crippen molar-refractivity contribution in [3.8, 4) is 0 Å². The van der Waals surface area contributed by atoms with Gasteiger partial charge in [-0.1, -0.05) is 6.58 Å².